The van der Waals surface area contributed by atoms with Crippen molar-refractivity contribution in [2.75, 3.05) is 0 Å². The van der Waals surface area contributed by atoms with Gasteiger partial charge in [0.25, 0.3) is 0 Å². The van der Waals surface area contributed by atoms with Crippen LogP contribution in [0, 0.1) is 6.92 Å². The van der Waals surface area contributed by atoms with Gasteiger partial charge in [0.05, 0.1) is 0 Å². The number of aryl methyl sites for hydroxylation is 1. The number of carbonyl (C=O) groups excluding carboxylic acids is 1. The minimum atomic E-state index is -0.423. The fourth-order valence-electron chi connectivity index (χ4n) is 1.15. The van der Waals surface area contributed by atoms with Gasteiger partial charge in [-0.2, -0.15) is 0 Å². The van der Waals surface area contributed by atoms with E-state index in [0.29, 0.717) is 5.69 Å². The number of nitrogens with zero attached hydrogens (tertiary/aromatic N) is 2. The summed E-state index contributed by atoms with van der Waals surface area (Å²) in [5.74, 6) is -0.423. The number of hydrogen-bond donors (Lipinski definition) is 0. The maximum atomic E-state index is 11.5. The zero-order valence-corrected chi connectivity index (χ0v) is 9.53. The van der Waals surface area contributed by atoms with Gasteiger partial charge in [-0.15, -0.1) is 11.3 Å². The van der Waals surface area contributed by atoms with Crippen molar-refractivity contribution in [3.8, 4) is 0 Å². The molecule has 0 aliphatic carbocycles. The lowest BCUT2D eigenvalue weighted by Gasteiger charge is -2.00. The molecule has 0 saturated heterocycles. The molecule has 0 atom stereocenters. The van der Waals surface area contributed by atoms with E-state index in [4.69, 9.17) is 4.74 Å². The first-order chi connectivity index (χ1) is 7.75. The lowest BCUT2D eigenvalue weighted by Crippen LogP contribution is -2.06. The summed E-state index contributed by atoms with van der Waals surface area (Å²) in [6.07, 6.45) is 1.56. The number of rotatable bonds is 3. The number of carbonyl (C=O) groups is 1. The van der Waals surface area contributed by atoms with Crippen LogP contribution in [0.3, 0.4) is 0 Å². The summed E-state index contributed by atoms with van der Waals surface area (Å²) in [4.78, 5) is 19.6. The van der Waals surface area contributed by atoms with Crippen molar-refractivity contribution < 1.29 is 9.53 Å². The number of aromatic nitrogens is 2. The minimum Gasteiger partial charge on any atom is -0.454 e. The van der Waals surface area contributed by atoms with Gasteiger partial charge in [-0.25, -0.2) is 14.8 Å². The van der Waals surface area contributed by atoms with Crippen molar-refractivity contribution in [2.45, 2.75) is 13.5 Å². The molecule has 2 heterocycles. The molecule has 5 heteroatoms. The Morgan fingerprint density at radius 1 is 1.50 bits per heavy atom. The van der Waals surface area contributed by atoms with Crippen molar-refractivity contribution in [1.82, 2.24) is 9.97 Å². The lowest BCUT2D eigenvalue weighted by molar-refractivity contribution is 0.0465. The second kappa shape index (κ2) is 4.85. The number of esters is 1. The molecule has 0 aliphatic heterocycles. The van der Waals surface area contributed by atoms with E-state index in [1.165, 1.54) is 11.3 Å². The number of hydrogen-bond acceptors (Lipinski definition) is 5. The van der Waals surface area contributed by atoms with Crippen LogP contribution in [-0.4, -0.2) is 15.9 Å². The van der Waals surface area contributed by atoms with Gasteiger partial charge < -0.3 is 4.74 Å². The largest absolute Gasteiger partial charge is 0.454 e. The summed E-state index contributed by atoms with van der Waals surface area (Å²) in [5, 5.41) is 2.71. The van der Waals surface area contributed by atoms with Crippen LogP contribution in [0.2, 0.25) is 0 Å². The Kier molecular flexibility index (Phi) is 3.26. The molecule has 0 radical (unpaired) electrons. The zero-order valence-electron chi connectivity index (χ0n) is 8.71. The molecular formula is C11H10N2O2S. The van der Waals surface area contributed by atoms with Crippen LogP contribution in [0.1, 0.15) is 21.2 Å². The maximum Gasteiger partial charge on any atom is 0.357 e. The first-order valence-electron chi connectivity index (χ1n) is 4.75. The average Bonchev–Trinajstić information content (AvgIpc) is 2.73. The van der Waals surface area contributed by atoms with Crippen LogP contribution in [0.5, 0.6) is 0 Å². The van der Waals surface area contributed by atoms with Gasteiger partial charge in [0.2, 0.25) is 0 Å². The molecule has 0 fully saturated rings. The molecule has 2 rings (SSSR count). The Labute approximate surface area is 96.9 Å². The summed E-state index contributed by atoms with van der Waals surface area (Å²) in [6.45, 7) is 2.11. The smallest absolute Gasteiger partial charge is 0.357 e. The van der Waals surface area contributed by atoms with Crippen molar-refractivity contribution in [3.05, 3.63) is 46.2 Å². The van der Waals surface area contributed by atoms with Gasteiger partial charge in [-0.1, -0.05) is 6.07 Å². The second-order valence-electron chi connectivity index (χ2n) is 3.17. The van der Waals surface area contributed by atoms with Crippen molar-refractivity contribution >= 4 is 17.3 Å². The zero-order chi connectivity index (χ0) is 11.4. The second-order valence-corrected chi connectivity index (χ2v) is 4.12. The third-order valence-electron chi connectivity index (χ3n) is 1.87. The topological polar surface area (TPSA) is 52.1 Å². The van der Waals surface area contributed by atoms with E-state index in [2.05, 4.69) is 9.97 Å². The fourth-order valence-corrected chi connectivity index (χ4v) is 1.84. The first-order valence-corrected chi connectivity index (χ1v) is 5.63. The quantitative estimate of drug-likeness (QED) is 0.764. The highest BCUT2D eigenvalue weighted by atomic mass is 32.1. The standard InChI is InChI=1S/C11H10N2O2S/c1-8-7-16-10(13-8)6-15-11(14)9-4-2-3-5-12-9/h2-5,7H,6H2,1H3. The summed E-state index contributed by atoms with van der Waals surface area (Å²) < 4.78 is 5.07. The fraction of sp³-hybridized carbons (Fsp3) is 0.182. The molecule has 2 aromatic heterocycles. The monoisotopic (exact) mass is 234 g/mol. The van der Waals surface area contributed by atoms with Crippen LogP contribution in [0.25, 0.3) is 0 Å². The van der Waals surface area contributed by atoms with Gasteiger partial charge in [0.15, 0.2) is 0 Å². The first kappa shape index (κ1) is 10.8. The molecule has 2 aromatic rings. The molecule has 0 amide bonds. The Morgan fingerprint density at radius 2 is 2.38 bits per heavy atom. The van der Waals surface area contributed by atoms with Crippen molar-refractivity contribution in [3.63, 3.8) is 0 Å². The normalized spacial score (nSPS) is 10.1. The molecule has 82 valence electrons. The molecule has 0 unspecified atom stereocenters. The molecule has 0 N–H and O–H groups in total. The molecule has 16 heavy (non-hydrogen) atoms. The Balaban J connectivity index is 1.94. The highest BCUT2D eigenvalue weighted by Gasteiger charge is 2.08. The summed E-state index contributed by atoms with van der Waals surface area (Å²) in [6, 6.07) is 5.12. The van der Waals surface area contributed by atoms with Gasteiger partial charge in [0.1, 0.15) is 17.3 Å². The molecular weight excluding hydrogens is 224 g/mol. The van der Waals surface area contributed by atoms with E-state index in [-0.39, 0.29) is 6.61 Å². The van der Waals surface area contributed by atoms with Gasteiger partial charge in [-0.3, -0.25) is 0 Å². The van der Waals surface area contributed by atoms with E-state index in [9.17, 15) is 4.79 Å². The molecule has 0 spiro atoms. The van der Waals surface area contributed by atoms with Crippen LogP contribution >= 0.6 is 11.3 Å². The van der Waals surface area contributed by atoms with E-state index in [1.807, 2.05) is 12.3 Å². The Morgan fingerprint density at radius 3 is 3.00 bits per heavy atom. The van der Waals surface area contributed by atoms with Gasteiger partial charge >= 0.3 is 5.97 Å². The highest BCUT2D eigenvalue weighted by molar-refractivity contribution is 7.09. The Hall–Kier alpha value is -1.75. The molecule has 0 bridgehead atoms. The SMILES string of the molecule is Cc1csc(COC(=O)c2ccccn2)n1. The number of thiazole rings is 1. The van der Waals surface area contributed by atoms with E-state index in [1.54, 1.807) is 24.4 Å². The summed E-state index contributed by atoms with van der Waals surface area (Å²) in [7, 11) is 0. The van der Waals surface area contributed by atoms with Gasteiger partial charge in [0, 0.05) is 17.3 Å². The van der Waals surface area contributed by atoms with Gasteiger partial charge in [-0.05, 0) is 19.1 Å². The summed E-state index contributed by atoms with van der Waals surface area (Å²) in [5.41, 5.74) is 1.25. The van der Waals surface area contributed by atoms with Crippen LogP contribution in [0.4, 0.5) is 0 Å². The summed E-state index contributed by atoms with van der Waals surface area (Å²) >= 11 is 1.48. The number of ether oxygens (including phenoxy) is 1. The number of pyridine rings is 1. The highest BCUT2D eigenvalue weighted by Crippen LogP contribution is 2.10. The van der Waals surface area contributed by atoms with E-state index >= 15 is 0 Å². The average molecular weight is 234 g/mol. The van der Waals surface area contributed by atoms with Crippen LogP contribution in [0.15, 0.2) is 29.8 Å². The van der Waals surface area contributed by atoms with E-state index < -0.39 is 5.97 Å². The van der Waals surface area contributed by atoms with Crippen LogP contribution in [-0.2, 0) is 11.3 Å². The maximum absolute atomic E-state index is 11.5. The lowest BCUT2D eigenvalue weighted by atomic mass is 10.4. The molecule has 0 aliphatic rings. The van der Waals surface area contributed by atoms with Crippen molar-refractivity contribution in [1.29, 1.82) is 0 Å². The molecule has 4 nitrogen and oxygen atoms in total. The predicted molar refractivity (Wildman–Crippen MR) is 60.2 cm³/mol. The predicted octanol–water partition coefficient (Wildman–Crippen LogP) is 2.20. The Bertz CT molecular complexity index is 482. The third-order valence-corrected chi connectivity index (χ3v) is 2.81. The third kappa shape index (κ3) is 2.64. The molecule has 0 aromatic carbocycles. The minimum absolute atomic E-state index is 0.202. The van der Waals surface area contributed by atoms with Crippen molar-refractivity contribution in [2.24, 2.45) is 0 Å². The molecule has 0 saturated carbocycles. The van der Waals surface area contributed by atoms with Crippen LogP contribution < -0.4 is 0 Å². The van der Waals surface area contributed by atoms with E-state index in [0.717, 1.165) is 10.7 Å².